The SMILES string of the molecule is CCNC(=O)C(C)N(Cc1ccccc1Cl)C(=O)CCCN(c1ccccc1OCC)S(C)(=O)=O. The van der Waals surface area contributed by atoms with Gasteiger partial charge in [-0.15, -0.1) is 0 Å². The first kappa shape index (κ1) is 28.5. The van der Waals surface area contributed by atoms with E-state index < -0.39 is 16.1 Å². The number of nitrogens with one attached hydrogen (secondary N) is 1. The van der Waals surface area contributed by atoms with Gasteiger partial charge in [0.05, 0.1) is 18.6 Å². The molecule has 35 heavy (non-hydrogen) atoms. The van der Waals surface area contributed by atoms with Crippen molar-refractivity contribution in [3.63, 3.8) is 0 Å². The summed E-state index contributed by atoms with van der Waals surface area (Å²) in [5.74, 6) is -0.0801. The number of carbonyl (C=O) groups excluding carboxylic acids is 2. The predicted octanol–water partition coefficient (Wildman–Crippen LogP) is 3.84. The Morgan fingerprint density at radius 3 is 2.37 bits per heavy atom. The molecule has 2 aromatic carbocycles. The summed E-state index contributed by atoms with van der Waals surface area (Å²) in [7, 11) is -3.62. The first-order chi connectivity index (χ1) is 16.6. The Bertz CT molecular complexity index is 1110. The van der Waals surface area contributed by atoms with Crippen LogP contribution >= 0.6 is 11.6 Å². The summed E-state index contributed by atoms with van der Waals surface area (Å²) in [5, 5.41) is 3.25. The lowest BCUT2D eigenvalue weighted by Crippen LogP contribution is -2.47. The van der Waals surface area contributed by atoms with Gasteiger partial charge in [-0.2, -0.15) is 0 Å². The van der Waals surface area contributed by atoms with Crippen LogP contribution in [0.25, 0.3) is 0 Å². The molecule has 0 aromatic heterocycles. The number of likely N-dealkylation sites (N-methyl/N-ethyl adjacent to an activating group) is 1. The van der Waals surface area contributed by atoms with Crippen molar-refractivity contribution in [1.29, 1.82) is 0 Å². The molecule has 10 heteroatoms. The topological polar surface area (TPSA) is 96.0 Å². The van der Waals surface area contributed by atoms with Crippen molar-refractivity contribution in [2.24, 2.45) is 0 Å². The van der Waals surface area contributed by atoms with Gasteiger partial charge in [0.1, 0.15) is 11.8 Å². The van der Waals surface area contributed by atoms with Gasteiger partial charge in [0.15, 0.2) is 0 Å². The van der Waals surface area contributed by atoms with Crippen LogP contribution in [0.15, 0.2) is 48.5 Å². The van der Waals surface area contributed by atoms with Gasteiger partial charge in [0.25, 0.3) is 0 Å². The van der Waals surface area contributed by atoms with E-state index >= 15 is 0 Å². The van der Waals surface area contributed by atoms with Gasteiger partial charge in [0, 0.05) is 31.1 Å². The third-order valence-corrected chi connectivity index (χ3v) is 6.95. The lowest BCUT2D eigenvalue weighted by atomic mass is 10.1. The quantitative estimate of drug-likeness (QED) is 0.430. The van der Waals surface area contributed by atoms with Crippen molar-refractivity contribution >= 4 is 39.1 Å². The summed E-state index contributed by atoms with van der Waals surface area (Å²) < 4.78 is 32.0. The van der Waals surface area contributed by atoms with Crippen LogP contribution in [-0.2, 0) is 26.2 Å². The number of carbonyl (C=O) groups is 2. The Labute approximate surface area is 213 Å². The smallest absolute Gasteiger partial charge is 0.242 e. The molecular formula is C25H34ClN3O5S. The van der Waals surface area contributed by atoms with E-state index in [0.29, 0.717) is 29.6 Å². The first-order valence-electron chi connectivity index (χ1n) is 11.6. The number of halogens is 1. The number of ether oxygens (including phenoxy) is 1. The van der Waals surface area contributed by atoms with Gasteiger partial charge in [0.2, 0.25) is 21.8 Å². The fraction of sp³-hybridized carbons (Fsp3) is 0.440. The second-order valence-corrected chi connectivity index (χ2v) is 10.3. The molecule has 192 valence electrons. The molecular weight excluding hydrogens is 490 g/mol. The molecule has 0 spiro atoms. The van der Waals surface area contributed by atoms with Crippen molar-refractivity contribution < 1.29 is 22.7 Å². The molecule has 0 aliphatic heterocycles. The maximum Gasteiger partial charge on any atom is 0.242 e. The number of para-hydroxylation sites is 2. The van der Waals surface area contributed by atoms with Crippen molar-refractivity contribution in [1.82, 2.24) is 10.2 Å². The molecule has 0 radical (unpaired) electrons. The maximum atomic E-state index is 13.3. The molecule has 1 N–H and O–H groups in total. The molecule has 0 saturated heterocycles. The minimum atomic E-state index is -3.62. The average Bonchev–Trinajstić information content (AvgIpc) is 2.81. The van der Waals surface area contributed by atoms with Crippen molar-refractivity contribution in [3.8, 4) is 5.75 Å². The van der Waals surface area contributed by atoms with E-state index in [2.05, 4.69) is 5.32 Å². The monoisotopic (exact) mass is 523 g/mol. The van der Waals surface area contributed by atoms with Gasteiger partial charge in [-0.25, -0.2) is 8.42 Å². The third-order valence-electron chi connectivity index (χ3n) is 5.40. The van der Waals surface area contributed by atoms with Gasteiger partial charge in [-0.05, 0) is 51.0 Å². The number of benzene rings is 2. The van der Waals surface area contributed by atoms with Crippen LogP contribution in [0.3, 0.4) is 0 Å². The molecule has 2 aromatic rings. The van der Waals surface area contributed by atoms with Crippen LogP contribution in [0.1, 0.15) is 39.2 Å². The van der Waals surface area contributed by atoms with Crippen LogP contribution in [-0.4, -0.2) is 57.1 Å². The largest absolute Gasteiger partial charge is 0.492 e. The third kappa shape index (κ3) is 8.14. The van der Waals surface area contributed by atoms with Gasteiger partial charge < -0.3 is 15.0 Å². The number of sulfonamides is 1. The number of hydrogen-bond acceptors (Lipinski definition) is 5. The fourth-order valence-corrected chi connectivity index (χ4v) is 4.80. The summed E-state index contributed by atoms with van der Waals surface area (Å²) in [6.45, 7) is 6.39. The zero-order valence-corrected chi connectivity index (χ0v) is 22.2. The van der Waals surface area contributed by atoms with Crippen molar-refractivity contribution in [3.05, 3.63) is 59.1 Å². The Balaban J connectivity index is 2.20. The molecule has 8 nitrogen and oxygen atoms in total. The highest BCUT2D eigenvalue weighted by Crippen LogP contribution is 2.30. The molecule has 0 saturated carbocycles. The number of hydrogen-bond donors (Lipinski definition) is 1. The zero-order chi connectivity index (χ0) is 26.0. The normalized spacial score (nSPS) is 12.0. The highest BCUT2D eigenvalue weighted by molar-refractivity contribution is 7.92. The molecule has 2 rings (SSSR count). The highest BCUT2D eigenvalue weighted by Gasteiger charge is 2.27. The lowest BCUT2D eigenvalue weighted by Gasteiger charge is -2.29. The maximum absolute atomic E-state index is 13.3. The number of nitrogens with zero attached hydrogens (tertiary/aromatic N) is 2. The molecule has 0 aliphatic carbocycles. The summed E-state index contributed by atoms with van der Waals surface area (Å²) in [4.78, 5) is 27.3. The first-order valence-corrected chi connectivity index (χ1v) is 13.8. The summed E-state index contributed by atoms with van der Waals surface area (Å²) in [6.07, 6.45) is 1.43. The predicted molar refractivity (Wildman–Crippen MR) is 139 cm³/mol. The Morgan fingerprint density at radius 1 is 1.09 bits per heavy atom. The van der Waals surface area contributed by atoms with E-state index in [1.165, 1.54) is 9.21 Å². The summed E-state index contributed by atoms with van der Waals surface area (Å²) >= 11 is 6.30. The van der Waals surface area contributed by atoms with Gasteiger partial charge >= 0.3 is 0 Å². The van der Waals surface area contributed by atoms with E-state index in [4.69, 9.17) is 16.3 Å². The van der Waals surface area contributed by atoms with Crippen molar-refractivity contribution in [2.75, 3.05) is 30.3 Å². The minimum Gasteiger partial charge on any atom is -0.492 e. The van der Waals surface area contributed by atoms with Gasteiger partial charge in [-0.3, -0.25) is 13.9 Å². The van der Waals surface area contributed by atoms with Gasteiger partial charge in [-0.1, -0.05) is 41.9 Å². The Morgan fingerprint density at radius 2 is 1.74 bits per heavy atom. The molecule has 0 heterocycles. The molecule has 0 fully saturated rings. The summed E-state index contributed by atoms with van der Waals surface area (Å²) in [6, 6.07) is 13.3. The molecule has 2 amide bonds. The van der Waals surface area contributed by atoms with Crippen LogP contribution in [0.2, 0.25) is 5.02 Å². The minimum absolute atomic E-state index is 0.0526. The second kappa shape index (κ2) is 13.3. The van der Waals surface area contributed by atoms with E-state index in [1.807, 2.05) is 26.0 Å². The van der Waals surface area contributed by atoms with Crippen LogP contribution in [0.4, 0.5) is 5.69 Å². The van der Waals surface area contributed by atoms with Crippen LogP contribution in [0, 0.1) is 0 Å². The average molecular weight is 524 g/mol. The van der Waals surface area contributed by atoms with Crippen LogP contribution in [0.5, 0.6) is 5.75 Å². The molecule has 0 bridgehead atoms. The molecule has 1 atom stereocenters. The number of anilines is 1. The van der Waals surface area contributed by atoms with E-state index in [-0.39, 0.29) is 37.7 Å². The Hall–Kier alpha value is -2.78. The summed E-state index contributed by atoms with van der Waals surface area (Å²) in [5.41, 5.74) is 1.15. The highest BCUT2D eigenvalue weighted by atomic mass is 35.5. The number of amides is 2. The number of rotatable bonds is 13. The van der Waals surface area contributed by atoms with E-state index in [1.54, 1.807) is 43.3 Å². The standard InChI is InChI=1S/C25H34ClN3O5S/c1-5-27-25(31)19(3)28(18-20-12-7-8-13-21(20)26)24(30)16-11-17-29(35(4,32)33)22-14-9-10-15-23(22)34-6-2/h7-10,12-15,19H,5-6,11,16-18H2,1-4H3,(H,27,31). The lowest BCUT2D eigenvalue weighted by molar-refractivity contribution is -0.140. The van der Waals surface area contributed by atoms with Crippen molar-refractivity contribution in [2.45, 2.75) is 46.2 Å². The van der Waals surface area contributed by atoms with E-state index in [9.17, 15) is 18.0 Å². The van der Waals surface area contributed by atoms with Crippen LogP contribution < -0.4 is 14.4 Å². The molecule has 1 unspecified atom stereocenters. The molecule has 0 aliphatic rings. The fourth-order valence-electron chi connectivity index (χ4n) is 3.64. The van der Waals surface area contributed by atoms with E-state index in [0.717, 1.165) is 11.8 Å². The second-order valence-electron chi connectivity index (χ2n) is 8.02. The Kier molecular flexibility index (Phi) is 10.9. The zero-order valence-electron chi connectivity index (χ0n) is 20.7.